The standard InChI is InChI=1S/C29H32ClFN2O2/c1-20(2)18-32-29(35)27(16-22-8-5-4-6-9-22)33(19-23-14-12-21(3)13-15-23)28(34)17-24-25(30)10-7-11-26(24)31/h4-15,20,27H,16-19H2,1-3H3,(H,32,35)/t27-/m0/s1. The lowest BCUT2D eigenvalue weighted by Crippen LogP contribution is -2.51. The minimum Gasteiger partial charge on any atom is -0.354 e. The van der Waals surface area contributed by atoms with Gasteiger partial charge in [-0.3, -0.25) is 9.59 Å². The zero-order chi connectivity index (χ0) is 25.4. The Morgan fingerprint density at radius 1 is 0.943 bits per heavy atom. The molecule has 1 atom stereocenters. The monoisotopic (exact) mass is 494 g/mol. The largest absolute Gasteiger partial charge is 0.354 e. The van der Waals surface area contributed by atoms with Crippen LogP contribution < -0.4 is 5.32 Å². The number of amides is 2. The van der Waals surface area contributed by atoms with E-state index in [1.54, 1.807) is 11.0 Å². The van der Waals surface area contributed by atoms with Crippen molar-refractivity contribution < 1.29 is 14.0 Å². The van der Waals surface area contributed by atoms with Crippen molar-refractivity contribution in [2.24, 2.45) is 5.92 Å². The summed E-state index contributed by atoms with van der Waals surface area (Å²) in [6, 6.07) is 21.0. The molecule has 0 fully saturated rings. The van der Waals surface area contributed by atoms with Gasteiger partial charge < -0.3 is 10.2 Å². The van der Waals surface area contributed by atoms with Crippen molar-refractivity contribution in [2.75, 3.05) is 6.54 Å². The van der Waals surface area contributed by atoms with Gasteiger partial charge in [-0.1, -0.05) is 91.7 Å². The Morgan fingerprint density at radius 2 is 1.63 bits per heavy atom. The number of benzene rings is 3. The molecule has 0 unspecified atom stereocenters. The van der Waals surface area contributed by atoms with Gasteiger partial charge in [0.2, 0.25) is 11.8 Å². The number of halogens is 2. The molecule has 3 rings (SSSR count). The van der Waals surface area contributed by atoms with Gasteiger partial charge in [0.15, 0.2) is 0 Å². The predicted molar refractivity (Wildman–Crippen MR) is 139 cm³/mol. The Bertz CT molecular complexity index is 1110. The Labute approximate surface area is 212 Å². The van der Waals surface area contributed by atoms with Gasteiger partial charge in [-0.25, -0.2) is 4.39 Å². The highest BCUT2D eigenvalue weighted by Gasteiger charge is 2.31. The molecule has 0 spiro atoms. The molecule has 6 heteroatoms. The highest BCUT2D eigenvalue weighted by atomic mass is 35.5. The van der Waals surface area contributed by atoms with Crippen LogP contribution >= 0.6 is 11.6 Å². The molecule has 0 aliphatic heterocycles. The first-order chi connectivity index (χ1) is 16.7. The first kappa shape index (κ1) is 26.4. The number of rotatable bonds is 10. The summed E-state index contributed by atoms with van der Waals surface area (Å²) in [6.45, 7) is 6.74. The maximum absolute atomic E-state index is 14.5. The molecule has 184 valence electrons. The third kappa shape index (κ3) is 7.66. The number of carbonyl (C=O) groups is 2. The van der Waals surface area contributed by atoms with E-state index in [1.165, 1.54) is 12.1 Å². The van der Waals surface area contributed by atoms with Crippen LogP contribution in [-0.2, 0) is 29.0 Å². The average Bonchev–Trinajstić information content (AvgIpc) is 2.84. The first-order valence-electron chi connectivity index (χ1n) is 11.8. The molecule has 0 heterocycles. The van der Waals surface area contributed by atoms with Crippen LogP contribution in [0.2, 0.25) is 5.02 Å². The molecule has 4 nitrogen and oxygen atoms in total. The minimum absolute atomic E-state index is 0.133. The van der Waals surface area contributed by atoms with E-state index in [1.807, 2.05) is 75.4 Å². The van der Waals surface area contributed by atoms with Gasteiger partial charge in [-0.2, -0.15) is 0 Å². The maximum atomic E-state index is 14.5. The molecule has 0 aliphatic carbocycles. The van der Waals surface area contributed by atoms with Crippen molar-refractivity contribution in [1.29, 1.82) is 0 Å². The van der Waals surface area contributed by atoms with Crippen molar-refractivity contribution in [3.63, 3.8) is 0 Å². The molecule has 0 aliphatic rings. The molecule has 3 aromatic carbocycles. The quantitative estimate of drug-likeness (QED) is 0.390. The van der Waals surface area contributed by atoms with Crippen LogP contribution in [-0.4, -0.2) is 29.3 Å². The van der Waals surface area contributed by atoms with Gasteiger partial charge in [0.25, 0.3) is 0 Å². The van der Waals surface area contributed by atoms with Crippen LogP contribution in [0.25, 0.3) is 0 Å². The van der Waals surface area contributed by atoms with E-state index >= 15 is 0 Å². The van der Waals surface area contributed by atoms with Gasteiger partial charge in [0.05, 0.1) is 6.42 Å². The average molecular weight is 495 g/mol. The lowest BCUT2D eigenvalue weighted by molar-refractivity contribution is -0.140. The summed E-state index contributed by atoms with van der Waals surface area (Å²) >= 11 is 6.22. The van der Waals surface area contributed by atoms with E-state index in [0.29, 0.717) is 13.0 Å². The second-order valence-electron chi connectivity index (χ2n) is 9.23. The molecular formula is C29H32ClFN2O2. The molecule has 0 saturated heterocycles. The van der Waals surface area contributed by atoms with E-state index in [9.17, 15) is 14.0 Å². The Morgan fingerprint density at radius 3 is 2.26 bits per heavy atom. The molecule has 0 bridgehead atoms. The van der Waals surface area contributed by atoms with Crippen molar-refractivity contribution in [3.05, 3.63) is 106 Å². The Hall–Kier alpha value is -3.18. The third-order valence-corrected chi connectivity index (χ3v) is 6.17. The summed E-state index contributed by atoms with van der Waals surface area (Å²) in [5.74, 6) is -0.874. The van der Waals surface area contributed by atoms with Crippen molar-refractivity contribution in [3.8, 4) is 0 Å². The van der Waals surface area contributed by atoms with Crippen LogP contribution in [0.15, 0.2) is 72.8 Å². The van der Waals surface area contributed by atoms with E-state index in [-0.39, 0.29) is 41.3 Å². The van der Waals surface area contributed by atoms with E-state index in [4.69, 9.17) is 11.6 Å². The van der Waals surface area contributed by atoms with Crippen molar-refractivity contribution in [1.82, 2.24) is 10.2 Å². The SMILES string of the molecule is Cc1ccc(CN(C(=O)Cc2c(F)cccc2Cl)[C@@H](Cc2ccccc2)C(=O)NCC(C)C)cc1. The summed E-state index contributed by atoms with van der Waals surface area (Å²) in [6.07, 6.45) is 0.105. The fourth-order valence-electron chi connectivity index (χ4n) is 3.82. The summed E-state index contributed by atoms with van der Waals surface area (Å²) in [5.41, 5.74) is 3.05. The highest BCUT2D eigenvalue weighted by molar-refractivity contribution is 6.31. The van der Waals surface area contributed by atoms with Crippen LogP contribution in [0, 0.1) is 18.7 Å². The number of hydrogen-bond acceptors (Lipinski definition) is 2. The fraction of sp³-hybridized carbons (Fsp3) is 0.310. The van der Waals surface area contributed by atoms with Gasteiger partial charge in [0, 0.05) is 30.1 Å². The molecule has 3 aromatic rings. The highest BCUT2D eigenvalue weighted by Crippen LogP contribution is 2.22. The fourth-order valence-corrected chi connectivity index (χ4v) is 4.05. The summed E-state index contributed by atoms with van der Waals surface area (Å²) in [5, 5.41) is 3.18. The van der Waals surface area contributed by atoms with Crippen LogP contribution in [0.4, 0.5) is 4.39 Å². The number of hydrogen-bond donors (Lipinski definition) is 1. The second-order valence-corrected chi connectivity index (χ2v) is 9.64. The number of aryl methyl sites for hydroxylation is 1. The van der Waals surface area contributed by atoms with E-state index in [0.717, 1.165) is 16.7 Å². The zero-order valence-corrected chi connectivity index (χ0v) is 21.2. The molecule has 1 N–H and O–H groups in total. The van der Waals surface area contributed by atoms with Gasteiger partial charge in [0.1, 0.15) is 11.9 Å². The Balaban J connectivity index is 1.98. The van der Waals surface area contributed by atoms with Gasteiger partial charge in [-0.15, -0.1) is 0 Å². The summed E-state index contributed by atoms with van der Waals surface area (Å²) in [4.78, 5) is 28.7. The van der Waals surface area contributed by atoms with E-state index in [2.05, 4.69) is 5.32 Å². The lowest BCUT2D eigenvalue weighted by atomic mass is 10.0. The summed E-state index contributed by atoms with van der Waals surface area (Å²) < 4.78 is 14.5. The molecule has 2 amide bonds. The topological polar surface area (TPSA) is 49.4 Å². The van der Waals surface area contributed by atoms with Crippen LogP contribution in [0.5, 0.6) is 0 Å². The molecule has 0 saturated carbocycles. The minimum atomic E-state index is -0.768. The number of nitrogens with one attached hydrogen (secondary N) is 1. The van der Waals surface area contributed by atoms with Crippen LogP contribution in [0.1, 0.15) is 36.1 Å². The normalized spacial score (nSPS) is 11.8. The van der Waals surface area contributed by atoms with Gasteiger partial charge in [-0.05, 0) is 36.1 Å². The molecule has 0 radical (unpaired) electrons. The van der Waals surface area contributed by atoms with Crippen molar-refractivity contribution >= 4 is 23.4 Å². The second kappa shape index (κ2) is 12.5. The molecule has 0 aromatic heterocycles. The van der Waals surface area contributed by atoms with Gasteiger partial charge >= 0.3 is 0 Å². The molecule has 35 heavy (non-hydrogen) atoms. The molecular weight excluding hydrogens is 463 g/mol. The van der Waals surface area contributed by atoms with Crippen LogP contribution in [0.3, 0.4) is 0 Å². The number of carbonyl (C=O) groups excluding carboxylic acids is 2. The maximum Gasteiger partial charge on any atom is 0.243 e. The third-order valence-electron chi connectivity index (χ3n) is 5.82. The number of nitrogens with zero attached hydrogens (tertiary/aromatic N) is 1. The zero-order valence-electron chi connectivity index (χ0n) is 20.4. The smallest absolute Gasteiger partial charge is 0.243 e. The van der Waals surface area contributed by atoms with Crippen molar-refractivity contribution in [2.45, 2.75) is 46.2 Å². The van der Waals surface area contributed by atoms with E-state index < -0.39 is 11.9 Å². The first-order valence-corrected chi connectivity index (χ1v) is 12.2. The summed E-state index contributed by atoms with van der Waals surface area (Å²) in [7, 11) is 0. The Kier molecular flexibility index (Phi) is 9.44. The predicted octanol–water partition coefficient (Wildman–Crippen LogP) is 5.74. The lowest BCUT2D eigenvalue weighted by Gasteiger charge is -2.32.